The molecule has 1 aliphatic carbocycles. The Labute approximate surface area is 220 Å². The van der Waals surface area contributed by atoms with Crippen LogP contribution in [0, 0.1) is 0 Å². The number of amides is 2. The highest BCUT2D eigenvalue weighted by atomic mass is 19.4. The van der Waals surface area contributed by atoms with E-state index in [-0.39, 0.29) is 35.7 Å². The van der Waals surface area contributed by atoms with Crippen molar-refractivity contribution in [2.75, 3.05) is 30.3 Å². The molecule has 9 nitrogen and oxygen atoms in total. The van der Waals surface area contributed by atoms with E-state index in [1.54, 1.807) is 4.90 Å². The Balaban J connectivity index is 1.41. The highest BCUT2D eigenvalue weighted by molar-refractivity contribution is 5.74. The molecule has 3 N–H and O–H groups in total. The minimum absolute atomic E-state index is 0.0268. The lowest BCUT2D eigenvalue weighted by Gasteiger charge is -2.34. The van der Waals surface area contributed by atoms with E-state index in [0.717, 1.165) is 37.8 Å². The van der Waals surface area contributed by atoms with Crippen LogP contribution in [0.1, 0.15) is 50.5 Å². The number of urea groups is 1. The molecular formula is C24H29F6N7O2. The number of aromatic nitrogens is 3. The van der Waals surface area contributed by atoms with Crippen LogP contribution in [0.5, 0.6) is 6.01 Å². The molecule has 0 bridgehead atoms. The van der Waals surface area contributed by atoms with Crippen LogP contribution >= 0.6 is 0 Å². The number of hydrogen-bond donors (Lipinski definition) is 3. The van der Waals surface area contributed by atoms with Gasteiger partial charge in [-0.15, -0.1) is 0 Å². The van der Waals surface area contributed by atoms with E-state index in [9.17, 15) is 31.1 Å². The maximum absolute atomic E-state index is 13.1. The molecule has 15 heteroatoms. The van der Waals surface area contributed by atoms with E-state index in [4.69, 9.17) is 0 Å². The summed E-state index contributed by atoms with van der Waals surface area (Å²) in [6.45, 7) is -0.754. The average molecular weight is 562 g/mol. The normalized spacial score (nSPS) is 17.5. The van der Waals surface area contributed by atoms with Crippen LogP contribution in [0.2, 0.25) is 0 Å². The van der Waals surface area contributed by atoms with Crippen LogP contribution in [0.4, 0.5) is 48.7 Å². The summed E-state index contributed by atoms with van der Waals surface area (Å²) in [6.07, 6.45) is -2.87. The summed E-state index contributed by atoms with van der Waals surface area (Å²) >= 11 is 0. The summed E-state index contributed by atoms with van der Waals surface area (Å²) in [7, 11) is 0. The Bertz CT molecular complexity index is 1120. The Morgan fingerprint density at radius 2 is 1.62 bits per heavy atom. The Kier molecular flexibility index (Phi) is 8.85. The van der Waals surface area contributed by atoms with Crippen molar-refractivity contribution in [2.24, 2.45) is 0 Å². The van der Waals surface area contributed by atoms with E-state index < -0.39 is 30.5 Å². The monoisotopic (exact) mass is 561 g/mol. The predicted molar refractivity (Wildman–Crippen MR) is 130 cm³/mol. The first-order valence-corrected chi connectivity index (χ1v) is 12.7. The maximum atomic E-state index is 13.1. The maximum Gasteiger partial charge on any atom is 0.422 e. The first-order chi connectivity index (χ1) is 18.4. The number of piperidine rings is 1. The summed E-state index contributed by atoms with van der Waals surface area (Å²) in [5.74, 6) is -0.407. The van der Waals surface area contributed by atoms with Crippen LogP contribution in [-0.4, -0.2) is 63.8 Å². The van der Waals surface area contributed by atoms with Crippen LogP contribution < -0.4 is 20.7 Å². The summed E-state index contributed by atoms with van der Waals surface area (Å²) in [5.41, 5.74) is -0.950. The summed E-state index contributed by atoms with van der Waals surface area (Å²) in [4.78, 5) is 26.1. The van der Waals surface area contributed by atoms with Crippen molar-refractivity contribution in [2.45, 2.75) is 69.4 Å². The molecule has 214 valence electrons. The lowest BCUT2D eigenvalue weighted by Crippen LogP contribution is -2.49. The zero-order chi connectivity index (χ0) is 28.0. The molecule has 0 unspecified atom stereocenters. The first kappa shape index (κ1) is 28.5. The smallest absolute Gasteiger partial charge is 0.422 e. The molecule has 1 aromatic heterocycles. The number of halogens is 6. The highest BCUT2D eigenvalue weighted by Gasteiger charge is 2.31. The average Bonchev–Trinajstić information content (AvgIpc) is 2.88. The van der Waals surface area contributed by atoms with Gasteiger partial charge in [0.1, 0.15) is 0 Å². The number of benzene rings is 1. The lowest BCUT2D eigenvalue weighted by atomic mass is 9.95. The van der Waals surface area contributed by atoms with E-state index in [0.29, 0.717) is 25.9 Å². The Morgan fingerprint density at radius 1 is 0.923 bits per heavy atom. The molecular weight excluding hydrogens is 532 g/mol. The van der Waals surface area contributed by atoms with Gasteiger partial charge in [0.2, 0.25) is 11.9 Å². The third-order valence-corrected chi connectivity index (χ3v) is 6.47. The fourth-order valence-corrected chi connectivity index (χ4v) is 4.51. The van der Waals surface area contributed by atoms with E-state index >= 15 is 0 Å². The van der Waals surface area contributed by atoms with Crippen molar-refractivity contribution >= 4 is 23.6 Å². The van der Waals surface area contributed by atoms with E-state index in [1.165, 1.54) is 18.6 Å². The molecule has 2 aliphatic rings. The number of rotatable bonds is 7. The number of likely N-dealkylation sites (tertiary alicyclic amines) is 1. The third kappa shape index (κ3) is 8.75. The minimum Gasteiger partial charge on any atom is -0.454 e. The molecule has 2 fully saturated rings. The zero-order valence-corrected chi connectivity index (χ0v) is 20.9. The number of anilines is 3. The topological polar surface area (TPSA) is 104 Å². The molecule has 0 atom stereocenters. The van der Waals surface area contributed by atoms with Gasteiger partial charge in [-0.3, -0.25) is 0 Å². The second-order valence-corrected chi connectivity index (χ2v) is 9.56. The van der Waals surface area contributed by atoms with Crippen molar-refractivity contribution < 1.29 is 35.9 Å². The van der Waals surface area contributed by atoms with Crippen molar-refractivity contribution in [1.82, 2.24) is 25.2 Å². The highest BCUT2D eigenvalue weighted by Crippen LogP contribution is 2.31. The van der Waals surface area contributed by atoms with Gasteiger partial charge in [0.05, 0.1) is 5.56 Å². The first-order valence-electron chi connectivity index (χ1n) is 12.7. The van der Waals surface area contributed by atoms with Gasteiger partial charge in [0.15, 0.2) is 6.61 Å². The molecule has 4 rings (SSSR count). The molecule has 0 radical (unpaired) electrons. The van der Waals surface area contributed by atoms with Crippen LogP contribution in [0.25, 0.3) is 0 Å². The fourth-order valence-electron chi connectivity index (χ4n) is 4.51. The molecule has 1 aromatic carbocycles. The number of alkyl halides is 6. The van der Waals surface area contributed by atoms with Crippen LogP contribution in [-0.2, 0) is 6.18 Å². The number of ether oxygens (including phenoxy) is 1. The molecule has 2 amide bonds. The second kappa shape index (κ2) is 12.1. The van der Waals surface area contributed by atoms with E-state index in [2.05, 4.69) is 35.6 Å². The fraction of sp³-hybridized carbons (Fsp3) is 0.583. The van der Waals surface area contributed by atoms with Gasteiger partial charge in [-0.05, 0) is 43.9 Å². The summed E-state index contributed by atoms with van der Waals surface area (Å²) < 4.78 is 82.0. The molecule has 39 heavy (non-hydrogen) atoms. The number of nitrogens with one attached hydrogen (secondary N) is 3. The van der Waals surface area contributed by atoms with Gasteiger partial charge in [0, 0.05) is 30.9 Å². The largest absolute Gasteiger partial charge is 0.454 e. The third-order valence-electron chi connectivity index (χ3n) is 6.47. The van der Waals surface area contributed by atoms with Gasteiger partial charge in [-0.1, -0.05) is 25.3 Å². The molecule has 1 saturated carbocycles. The van der Waals surface area contributed by atoms with E-state index in [1.807, 2.05) is 0 Å². The quantitative estimate of drug-likeness (QED) is 0.384. The lowest BCUT2D eigenvalue weighted by molar-refractivity contribution is -0.154. The Morgan fingerprint density at radius 3 is 2.28 bits per heavy atom. The molecule has 1 saturated heterocycles. The Hall–Kier alpha value is -3.52. The second-order valence-electron chi connectivity index (χ2n) is 9.56. The molecule has 2 heterocycles. The molecule has 1 aliphatic heterocycles. The van der Waals surface area contributed by atoms with Crippen LogP contribution in [0.15, 0.2) is 24.3 Å². The van der Waals surface area contributed by atoms with Crippen molar-refractivity contribution in [1.29, 1.82) is 0 Å². The van der Waals surface area contributed by atoms with Crippen molar-refractivity contribution in [3.05, 3.63) is 29.8 Å². The minimum atomic E-state index is -4.65. The summed E-state index contributed by atoms with van der Waals surface area (Å²) in [5, 5.41) is 8.66. The van der Waals surface area contributed by atoms with Gasteiger partial charge < -0.3 is 25.6 Å². The predicted octanol–water partition coefficient (Wildman–Crippen LogP) is 5.49. The number of hydrogen-bond acceptors (Lipinski definition) is 7. The van der Waals surface area contributed by atoms with Crippen molar-refractivity contribution in [3.63, 3.8) is 0 Å². The van der Waals surface area contributed by atoms with Crippen LogP contribution in [0.3, 0.4) is 0 Å². The molecule has 0 spiro atoms. The van der Waals surface area contributed by atoms with Gasteiger partial charge >= 0.3 is 24.4 Å². The van der Waals surface area contributed by atoms with Gasteiger partial charge in [0.25, 0.3) is 0 Å². The number of carbonyl (C=O) groups excluding carboxylic acids is 1. The molecule has 2 aromatic rings. The summed E-state index contributed by atoms with van der Waals surface area (Å²) in [6, 6.07) is 3.42. The zero-order valence-electron chi connectivity index (χ0n) is 20.9. The SMILES string of the molecule is O=C(NC1CCCCC1)N1CCC(Nc2nc(Nc3cccc(C(F)(F)F)c3)nc(OCC(F)(F)F)n2)CC1. The van der Waals surface area contributed by atoms with Crippen molar-refractivity contribution in [3.8, 4) is 6.01 Å². The standard InChI is InChI=1S/C24H29F6N7O2/c25-23(26,27)14-39-21-35-19(34-20(36-21)32-18-8-4-5-15(13-18)24(28,29)30)31-17-9-11-37(12-10-17)22(38)33-16-6-2-1-3-7-16/h4-5,8,13,16-17H,1-3,6-7,9-12,14H2,(H,33,38)(H2,31,32,34,35,36). The number of nitrogens with zero attached hydrogens (tertiary/aromatic N) is 4. The van der Waals surface area contributed by atoms with Gasteiger partial charge in [-0.2, -0.15) is 41.3 Å². The number of carbonyl (C=O) groups is 1. The van der Waals surface area contributed by atoms with Gasteiger partial charge in [-0.25, -0.2) is 4.79 Å².